The summed E-state index contributed by atoms with van der Waals surface area (Å²) >= 11 is 0. The molecule has 3 N–H and O–H groups in total. The zero-order chi connectivity index (χ0) is 18.7. The highest BCUT2D eigenvalue weighted by Gasteiger charge is 2.20. The fourth-order valence-electron chi connectivity index (χ4n) is 2.93. The standard InChI is InChI=1S/C20H20N2O4/c1-22-16-5-3-2-4-15(16)17(18(24)20(22)26)19(25)21-11-10-13-6-8-14(12-23)9-7-13/h2-9,23-24H,10-12H2,1H3,(H,21,25). The van der Waals surface area contributed by atoms with E-state index in [0.29, 0.717) is 23.9 Å². The third kappa shape index (κ3) is 3.32. The van der Waals surface area contributed by atoms with Crippen LogP contribution in [0.1, 0.15) is 21.5 Å². The SMILES string of the molecule is Cn1c(=O)c(O)c(C(=O)NCCc2ccc(CO)cc2)c2ccccc21. The van der Waals surface area contributed by atoms with Gasteiger partial charge in [0.2, 0.25) is 0 Å². The first kappa shape index (κ1) is 17.7. The van der Waals surface area contributed by atoms with E-state index in [2.05, 4.69) is 5.32 Å². The monoisotopic (exact) mass is 352 g/mol. The zero-order valence-corrected chi connectivity index (χ0v) is 14.4. The summed E-state index contributed by atoms with van der Waals surface area (Å²) in [4.78, 5) is 24.8. The Labute approximate surface area is 150 Å². The number of amides is 1. The van der Waals surface area contributed by atoms with Crippen molar-refractivity contribution in [3.8, 4) is 5.75 Å². The molecule has 1 aromatic heterocycles. The topological polar surface area (TPSA) is 91.6 Å². The minimum atomic E-state index is -0.603. The third-order valence-electron chi connectivity index (χ3n) is 4.41. The van der Waals surface area contributed by atoms with Crippen molar-refractivity contribution in [2.75, 3.05) is 6.54 Å². The highest BCUT2D eigenvalue weighted by molar-refractivity contribution is 6.08. The normalized spacial score (nSPS) is 10.8. The number of aliphatic hydroxyl groups is 1. The molecule has 1 amide bonds. The number of nitrogens with one attached hydrogen (secondary N) is 1. The molecule has 3 rings (SSSR count). The van der Waals surface area contributed by atoms with Crippen LogP contribution in [0.2, 0.25) is 0 Å². The van der Waals surface area contributed by atoms with E-state index >= 15 is 0 Å². The molecule has 0 radical (unpaired) electrons. The lowest BCUT2D eigenvalue weighted by molar-refractivity contribution is 0.0953. The molecular formula is C20H20N2O4. The number of rotatable bonds is 5. The Morgan fingerprint density at radius 1 is 1.08 bits per heavy atom. The predicted molar refractivity (Wildman–Crippen MR) is 99.3 cm³/mol. The summed E-state index contributed by atoms with van der Waals surface area (Å²) < 4.78 is 1.32. The molecular weight excluding hydrogens is 332 g/mol. The van der Waals surface area contributed by atoms with Crippen LogP contribution in [0.5, 0.6) is 5.75 Å². The van der Waals surface area contributed by atoms with Gasteiger partial charge in [-0.1, -0.05) is 42.5 Å². The second-order valence-electron chi connectivity index (χ2n) is 6.09. The number of aromatic hydroxyl groups is 1. The quantitative estimate of drug-likeness (QED) is 0.652. The average molecular weight is 352 g/mol. The third-order valence-corrected chi connectivity index (χ3v) is 4.41. The number of aryl methyl sites for hydroxylation is 1. The highest BCUT2D eigenvalue weighted by Crippen LogP contribution is 2.23. The second kappa shape index (κ2) is 7.41. The molecule has 0 unspecified atom stereocenters. The van der Waals surface area contributed by atoms with Crippen LogP contribution < -0.4 is 10.9 Å². The van der Waals surface area contributed by atoms with E-state index in [0.717, 1.165) is 11.1 Å². The number of hydrogen-bond donors (Lipinski definition) is 3. The molecule has 3 aromatic rings. The van der Waals surface area contributed by atoms with Crippen LogP contribution in [0.15, 0.2) is 53.3 Å². The molecule has 0 fully saturated rings. The van der Waals surface area contributed by atoms with Crippen LogP contribution in [0.25, 0.3) is 10.9 Å². The molecule has 134 valence electrons. The molecule has 0 spiro atoms. The molecule has 1 heterocycles. The Morgan fingerprint density at radius 3 is 2.42 bits per heavy atom. The Kier molecular flexibility index (Phi) is 5.04. The Balaban J connectivity index is 1.80. The first-order valence-electron chi connectivity index (χ1n) is 8.30. The van der Waals surface area contributed by atoms with Crippen LogP contribution in [0, 0.1) is 0 Å². The van der Waals surface area contributed by atoms with Crippen LogP contribution in [0.3, 0.4) is 0 Å². The number of carbonyl (C=O) groups excluding carboxylic acids is 1. The van der Waals surface area contributed by atoms with Gasteiger partial charge in [-0.25, -0.2) is 0 Å². The molecule has 6 heteroatoms. The molecule has 0 aliphatic heterocycles. The lowest BCUT2D eigenvalue weighted by Gasteiger charge is -2.12. The number of hydrogen-bond acceptors (Lipinski definition) is 4. The summed E-state index contributed by atoms with van der Waals surface area (Å²) in [5.41, 5.74) is 1.82. The first-order valence-corrected chi connectivity index (χ1v) is 8.30. The zero-order valence-electron chi connectivity index (χ0n) is 14.4. The number of fused-ring (bicyclic) bond motifs is 1. The lowest BCUT2D eigenvalue weighted by Crippen LogP contribution is -2.29. The van der Waals surface area contributed by atoms with Crippen molar-refractivity contribution in [3.63, 3.8) is 0 Å². The second-order valence-corrected chi connectivity index (χ2v) is 6.09. The lowest BCUT2D eigenvalue weighted by atomic mass is 10.1. The van der Waals surface area contributed by atoms with Gasteiger partial charge in [0.15, 0.2) is 5.75 Å². The summed E-state index contributed by atoms with van der Waals surface area (Å²) in [7, 11) is 1.56. The summed E-state index contributed by atoms with van der Waals surface area (Å²) in [5, 5.41) is 22.5. The summed E-state index contributed by atoms with van der Waals surface area (Å²) in [6.45, 7) is 0.354. The molecule has 0 atom stereocenters. The average Bonchev–Trinajstić information content (AvgIpc) is 2.67. The van der Waals surface area contributed by atoms with Gasteiger partial charge in [-0.15, -0.1) is 0 Å². The van der Waals surface area contributed by atoms with Crippen LogP contribution in [0.4, 0.5) is 0 Å². The molecule has 26 heavy (non-hydrogen) atoms. The smallest absolute Gasteiger partial charge is 0.293 e. The molecule has 0 aliphatic rings. The van der Waals surface area contributed by atoms with E-state index in [4.69, 9.17) is 5.11 Å². The van der Waals surface area contributed by atoms with E-state index < -0.39 is 17.2 Å². The molecule has 0 saturated carbocycles. The van der Waals surface area contributed by atoms with Crippen molar-refractivity contribution < 1.29 is 15.0 Å². The van der Waals surface area contributed by atoms with E-state index in [1.165, 1.54) is 4.57 Å². The number of carbonyl (C=O) groups is 1. The Morgan fingerprint density at radius 2 is 1.73 bits per heavy atom. The van der Waals surface area contributed by atoms with E-state index in [1.54, 1.807) is 31.3 Å². The van der Waals surface area contributed by atoms with Gasteiger partial charge in [0.1, 0.15) is 0 Å². The Hall–Kier alpha value is -3.12. The predicted octanol–water partition coefficient (Wildman–Crippen LogP) is 1.71. The maximum Gasteiger partial charge on any atom is 0.293 e. The number of nitrogens with zero attached hydrogens (tertiary/aromatic N) is 1. The van der Waals surface area contributed by atoms with Gasteiger partial charge >= 0.3 is 0 Å². The minimum absolute atomic E-state index is 0.000622. The van der Waals surface area contributed by atoms with Gasteiger partial charge in [-0.2, -0.15) is 0 Å². The minimum Gasteiger partial charge on any atom is -0.502 e. The fourth-order valence-corrected chi connectivity index (χ4v) is 2.93. The van der Waals surface area contributed by atoms with Crippen molar-refractivity contribution >= 4 is 16.8 Å². The maximum atomic E-state index is 12.6. The maximum absolute atomic E-state index is 12.6. The van der Waals surface area contributed by atoms with E-state index in [9.17, 15) is 14.7 Å². The molecule has 0 saturated heterocycles. The van der Waals surface area contributed by atoms with Crippen molar-refractivity contribution in [1.82, 2.24) is 9.88 Å². The fraction of sp³-hybridized carbons (Fsp3) is 0.200. The van der Waals surface area contributed by atoms with Gasteiger partial charge < -0.3 is 20.1 Å². The largest absolute Gasteiger partial charge is 0.502 e. The van der Waals surface area contributed by atoms with Gasteiger partial charge in [-0.05, 0) is 23.6 Å². The molecule has 2 aromatic carbocycles. The van der Waals surface area contributed by atoms with Gasteiger partial charge in [-0.3, -0.25) is 9.59 Å². The first-order chi connectivity index (χ1) is 12.5. The summed E-state index contributed by atoms with van der Waals surface area (Å²) in [6.07, 6.45) is 0.598. The van der Waals surface area contributed by atoms with Crippen molar-refractivity contribution in [2.45, 2.75) is 13.0 Å². The number of aliphatic hydroxyl groups excluding tert-OH is 1. The molecule has 0 aliphatic carbocycles. The number of pyridine rings is 1. The number of para-hydroxylation sites is 1. The van der Waals surface area contributed by atoms with E-state index in [1.807, 2.05) is 24.3 Å². The number of benzene rings is 2. The van der Waals surface area contributed by atoms with Crippen molar-refractivity contribution in [3.05, 3.63) is 75.6 Å². The van der Waals surface area contributed by atoms with Gasteiger partial charge in [0.05, 0.1) is 17.7 Å². The van der Waals surface area contributed by atoms with E-state index in [-0.39, 0.29) is 12.2 Å². The highest BCUT2D eigenvalue weighted by atomic mass is 16.3. The van der Waals surface area contributed by atoms with Crippen LogP contribution >= 0.6 is 0 Å². The summed E-state index contributed by atoms with van der Waals surface area (Å²) in [6, 6.07) is 14.4. The van der Waals surface area contributed by atoms with Crippen molar-refractivity contribution in [2.24, 2.45) is 7.05 Å². The van der Waals surface area contributed by atoms with Crippen LogP contribution in [-0.2, 0) is 20.1 Å². The molecule has 0 bridgehead atoms. The van der Waals surface area contributed by atoms with Crippen molar-refractivity contribution in [1.29, 1.82) is 0 Å². The molecule has 6 nitrogen and oxygen atoms in total. The van der Waals surface area contributed by atoms with Crippen LogP contribution in [-0.4, -0.2) is 27.2 Å². The van der Waals surface area contributed by atoms with Gasteiger partial charge in [0.25, 0.3) is 11.5 Å². The Bertz CT molecular complexity index is 1010. The van der Waals surface area contributed by atoms with Gasteiger partial charge in [0, 0.05) is 19.0 Å². The number of aromatic nitrogens is 1. The summed E-state index contributed by atoms with van der Waals surface area (Å²) in [5.74, 6) is -1.03.